The van der Waals surface area contributed by atoms with Crippen LogP contribution in [0.5, 0.6) is 0 Å². The molecule has 1 saturated heterocycles. The average molecular weight is 354 g/mol. The van der Waals surface area contributed by atoms with Crippen LogP contribution >= 0.6 is 11.6 Å². The molecule has 8 heteroatoms. The summed E-state index contributed by atoms with van der Waals surface area (Å²) in [4.78, 5) is 12.3. The van der Waals surface area contributed by atoms with Crippen molar-refractivity contribution in [3.05, 3.63) is 46.7 Å². The number of nitrogens with zero attached hydrogens (tertiary/aromatic N) is 2. The van der Waals surface area contributed by atoms with Crippen molar-refractivity contribution in [2.45, 2.75) is 19.4 Å². The second kappa shape index (κ2) is 5.98. The summed E-state index contributed by atoms with van der Waals surface area (Å²) < 4.78 is 24.8. The Morgan fingerprint density at radius 1 is 1.35 bits per heavy atom. The minimum Gasteiger partial charge on any atom is -0.321 e. The summed E-state index contributed by atoms with van der Waals surface area (Å²) in [5.41, 5.74) is 1.66. The molecule has 3 rings (SSSR count). The molecule has 1 unspecified atom stereocenters. The number of aromatic nitrogens is 2. The summed E-state index contributed by atoms with van der Waals surface area (Å²) in [5, 5.41) is 7.61. The molecule has 0 bridgehead atoms. The van der Waals surface area contributed by atoms with Gasteiger partial charge in [-0.05, 0) is 43.7 Å². The predicted molar refractivity (Wildman–Crippen MR) is 88.7 cm³/mol. The maximum absolute atomic E-state index is 12.3. The molecule has 1 fully saturated rings. The number of hydrogen-bond acceptors (Lipinski definition) is 4. The Balaban J connectivity index is 1.77. The summed E-state index contributed by atoms with van der Waals surface area (Å²) in [6.07, 6.45) is 0.531. The van der Waals surface area contributed by atoms with E-state index >= 15 is 0 Å². The van der Waals surface area contributed by atoms with Crippen LogP contribution in [0.25, 0.3) is 0 Å². The van der Waals surface area contributed by atoms with Crippen molar-refractivity contribution in [1.82, 2.24) is 9.78 Å². The Morgan fingerprint density at radius 3 is 2.65 bits per heavy atom. The highest BCUT2D eigenvalue weighted by atomic mass is 35.5. The third kappa shape index (κ3) is 3.56. The van der Waals surface area contributed by atoms with Crippen molar-refractivity contribution >= 4 is 33.0 Å². The van der Waals surface area contributed by atoms with Gasteiger partial charge in [-0.15, -0.1) is 0 Å². The molecule has 1 aromatic carbocycles. The van der Waals surface area contributed by atoms with Gasteiger partial charge in [-0.3, -0.25) is 9.48 Å². The fourth-order valence-corrected chi connectivity index (χ4v) is 4.48. The first-order chi connectivity index (χ1) is 10.8. The lowest BCUT2D eigenvalue weighted by atomic mass is 10.2. The van der Waals surface area contributed by atoms with Gasteiger partial charge in [0.2, 0.25) is 0 Å². The van der Waals surface area contributed by atoms with E-state index in [0.29, 0.717) is 17.1 Å². The fraction of sp³-hybridized carbons (Fsp3) is 0.333. The molecule has 1 atom stereocenters. The number of amides is 1. The van der Waals surface area contributed by atoms with Crippen LogP contribution in [0.2, 0.25) is 5.02 Å². The van der Waals surface area contributed by atoms with E-state index < -0.39 is 9.84 Å². The normalized spacial score (nSPS) is 19.7. The molecule has 0 aliphatic carbocycles. The minimum atomic E-state index is -3.00. The van der Waals surface area contributed by atoms with E-state index in [1.165, 1.54) is 0 Å². The Morgan fingerprint density at radius 2 is 2.04 bits per heavy atom. The number of nitrogens with one attached hydrogen (secondary N) is 1. The van der Waals surface area contributed by atoms with E-state index in [-0.39, 0.29) is 29.1 Å². The summed E-state index contributed by atoms with van der Waals surface area (Å²) >= 11 is 5.81. The van der Waals surface area contributed by atoms with Gasteiger partial charge < -0.3 is 5.32 Å². The Kier molecular flexibility index (Phi) is 4.16. The van der Waals surface area contributed by atoms with Crippen molar-refractivity contribution in [3.63, 3.8) is 0 Å². The van der Waals surface area contributed by atoms with E-state index in [0.717, 1.165) is 5.69 Å². The first-order valence-corrected chi connectivity index (χ1v) is 9.37. The number of benzene rings is 1. The monoisotopic (exact) mass is 353 g/mol. The standard InChI is InChI=1S/C15H16ClN3O3S/c1-10-8-14(15(20)17-12-4-2-11(16)3-5-12)18-19(10)13-6-7-23(21,22)9-13/h2-5,8,13H,6-7,9H2,1H3,(H,17,20). The maximum Gasteiger partial charge on any atom is 0.276 e. The van der Waals surface area contributed by atoms with E-state index in [2.05, 4.69) is 10.4 Å². The lowest BCUT2D eigenvalue weighted by Crippen LogP contribution is -2.16. The van der Waals surface area contributed by atoms with Gasteiger partial charge in [0.1, 0.15) is 0 Å². The highest BCUT2D eigenvalue weighted by Gasteiger charge is 2.31. The average Bonchev–Trinajstić information content (AvgIpc) is 3.04. The van der Waals surface area contributed by atoms with Crippen molar-refractivity contribution in [2.75, 3.05) is 16.8 Å². The number of hydrogen-bond donors (Lipinski definition) is 1. The van der Waals surface area contributed by atoms with Gasteiger partial charge in [0.25, 0.3) is 5.91 Å². The van der Waals surface area contributed by atoms with Gasteiger partial charge in [0.15, 0.2) is 15.5 Å². The number of carbonyl (C=O) groups excluding carboxylic acids is 1. The topological polar surface area (TPSA) is 81.1 Å². The van der Waals surface area contributed by atoms with Crippen LogP contribution in [0.4, 0.5) is 5.69 Å². The van der Waals surface area contributed by atoms with Crippen LogP contribution < -0.4 is 5.32 Å². The lowest BCUT2D eigenvalue weighted by Gasteiger charge is -2.10. The number of carbonyl (C=O) groups is 1. The second-order valence-electron chi connectivity index (χ2n) is 5.63. The SMILES string of the molecule is Cc1cc(C(=O)Nc2ccc(Cl)cc2)nn1C1CCS(=O)(=O)C1. The summed E-state index contributed by atoms with van der Waals surface area (Å²) in [7, 11) is -3.00. The van der Waals surface area contributed by atoms with Gasteiger partial charge >= 0.3 is 0 Å². The lowest BCUT2D eigenvalue weighted by molar-refractivity contribution is 0.102. The first-order valence-electron chi connectivity index (χ1n) is 7.17. The van der Waals surface area contributed by atoms with Crippen molar-refractivity contribution in [3.8, 4) is 0 Å². The smallest absolute Gasteiger partial charge is 0.276 e. The zero-order valence-electron chi connectivity index (χ0n) is 12.5. The van der Waals surface area contributed by atoms with Crippen LogP contribution in [-0.4, -0.2) is 35.6 Å². The molecule has 1 N–H and O–H groups in total. The van der Waals surface area contributed by atoms with Crippen LogP contribution in [0.3, 0.4) is 0 Å². The van der Waals surface area contributed by atoms with Gasteiger partial charge in [-0.1, -0.05) is 11.6 Å². The molecule has 1 aliphatic rings. The van der Waals surface area contributed by atoms with Crippen LogP contribution in [0.15, 0.2) is 30.3 Å². The molecule has 1 aromatic heterocycles. The molecule has 0 saturated carbocycles. The van der Waals surface area contributed by atoms with Crippen molar-refractivity contribution in [1.29, 1.82) is 0 Å². The number of sulfone groups is 1. The van der Waals surface area contributed by atoms with E-state index in [1.54, 1.807) is 35.0 Å². The molecule has 0 spiro atoms. The number of halogens is 1. The van der Waals surface area contributed by atoms with E-state index in [9.17, 15) is 13.2 Å². The third-order valence-corrected chi connectivity index (χ3v) is 5.81. The predicted octanol–water partition coefficient (Wildman–Crippen LogP) is 2.46. The molecule has 1 amide bonds. The highest BCUT2D eigenvalue weighted by molar-refractivity contribution is 7.91. The van der Waals surface area contributed by atoms with Gasteiger partial charge in [-0.25, -0.2) is 8.42 Å². The molecular formula is C15H16ClN3O3S. The number of anilines is 1. The zero-order valence-corrected chi connectivity index (χ0v) is 14.1. The zero-order chi connectivity index (χ0) is 16.6. The van der Waals surface area contributed by atoms with Crippen LogP contribution in [0, 0.1) is 6.92 Å². The highest BCUT2D eigenvalue weighted by Crippen LogP contribution is 2.25. The van der Waals surface area contributed by atoms with Gasteiger partial charge in [0.05, 0.1) is 17.5 Å². The Labute approximate surface area is 139 Å². The van der Waals surface area contributed by atoms with E-state index in [4.69, 9.17) is 11.6 Å². The number of rotatable bonds is 3. The summed E-state index contributed by atoms with van der Waals surface area (Å²) in [5.74, 6) is -0.0909. The third-order valence-electron chi connectivity index (χ3n) is 3.81. The second-order valence-corrected chi connectivity index (χ2v) is 8.30. The van der Waals surface area contributed by atoms with Crippen molar-refractivity contribution in [2.24, 2.45) is 0 Å². The van der Waals surface area contributed by atoms with Crippen LogP contribution in [0.1, 0.15) is 28.6 Å². The molecule has 1 aliphatic heterocycles. The largest absolute Gasteiger partial charge is 0.321 e. The molecule has 122 valence electrons. The minimum absolute atomic E-state index is 0.0771. The van der Waals surface area contributed by atoms with Crippen molar-refractivity contribution < 1.29 is 13.2 Å². The molecular weight excluding hydrogens is 338 g/mol. The molecule has 2 heterocycles. The summed E-state index contributed by atoms with van der Waals surface area (Å²) in [6.45, 7) is 1.82. The first kappa shape index (κ1) is 16.0. The summed E-state index contributed by atoms with van der Waals surface area (Å²) in [6, 6.07) is 8.24. The molecule has 23 heavy (non-hydrogen) atoms. The molecule has 0 radical (unpaired) electrons. The van der Waals surface area contributed by atoms with Gasteiger partial charge in [0, 0.05) is 16.4 Å². The Hall–Kier alpha value is -1.86. The van der Waals surface area contributed by atoms with E-state index in [1.807, 2.05) is 6.92 Å². The molecule has 6 nitrogen and oxygen atoms in total. The fourth-order valence-electron chi connectivity index (χ4n) is 2.67. The van der Waals surface area contributed by atoms with Gasteiger partial charge in [-0.2, -0.15) is 5.10 Å². The molecule has 2 aromatic rings. The van der Waals surface area contributed by atoms with Crippen LogP contribution in [-0.2, 0) is 9.84 Å². The Bertz CT molecular complexity index is 843. The quantitative estimate of drug-likeness (QED) is 0.919. The number of aryl methyl sites for hydroxylation is 1. The maximum atomic E-state index is 12.3.